The number of aliphatic imine (C=N–C) groups is 2. The van der Waals surface area contributed by atoms with Crippen molar-refractivity contribution >= 4 is 23.8 Å². The predicted octanol–water partition coefficient (Wildman–Crippen LogP) is 4.86. The lowest BCUT2D eigenvalue weighted by Gasteiger charge is -2.13. The second kappa shape index (κ2) is 11.3. The Hall–Kier alpha value is -3.58. The van der Waals surface area contributed by atoms with E-state index >= 15 is 0 Å². The summed E-state index contributed by atoms with van der Waals surface area (Å²) in [6, 6.07) is 13.4. The number of aryl methyl sites for hydroxylation is 1. The molecule has 0 spiro atoms. The zero-order valence-electron chi connectivity index (χ0n) is 16.8. The van der Waals surface area contributed by atoms with Gasteiger partial charge < -0.3 is 10.4 Å². The molecule has 0 saturated heterocycles. The summed E-state index contributed by atoms with van der Waals surface area (Å²) in [5.74, 6) is 0.277. The molecule has 0 aliphatic carbocycles. The average molecular weight is 386 g/mol. The molecule has 2 aromatic rings. The summed E-state index contributed by atoms with van der Waals surface area (Å²) in [6.07, 6.45) is 15.7. The fraction of sp³-hybridized carbons (Fsp3) is 0.200. The van der Waals surface area contributed by atoms with Crippen LogP contribution in [0, 0.1) is 19.8 Å². The van der Waals surface area contributed by atoms with Gasteiger partial charge in [0.05, 0.1) is 5.69 Å². The molecule has 4 nitrogen and oxygen atoms in total. The third-order valence-corrected chi connectivity index (χ3v) is 4.45. The van der Waals surface area contributed by atoms with E-state index in [9.17, 15) is 5.11 Å². The van der Waals surface area contributed by atoms with E-state index in [0.29, 0.717) is 6.42 Å². The van der Waals surface area contributed by atoms with Crippen molar-refractivity contribution in [1.82, 2.24) is 5.32 Å². The topological polar surface area (TPSA) is 57.0 Å². The van der Waals surface area contributed by atoms with Crippen LogP contribution in [0.5, 0.6) is 5.75 Å². The minimum atomic E-state index is 0.277. The molecule has 3 rings (SSSR count). The molecule has 148 valence electrons. The molecular weight excluding hydrogens is 358 g/mol. The molecule has 0 atom stereocenters. The number of aromatic hydroxyl groups is 1. The van der Waals surface area contributed by atoms with E-state index in [0.717, 1.165) is 47.6 Å². The Morgan fingerprint density at radius 2 is 2.10 bits per heavy atom. The molecule has 2 aromatic carbocycles. The first-order valence-electron chi connectivity index (χ1n) is 9.48. The summed E-state index contributed by atoms with van der Waals surface area (Å²) in [7, 11) is 0. The van der Waals surface area contributed by atoms with Gasteiger partial charge in [-0.25, -0.2) is 0 Å². The van der Waals surface area contributed by atoms with E-state index in [-0.39, 0.29) is 5.75 Å². The monoisotopic (exact) mass is 385 g/mol. The number of hydrogen-bond acceptors (Lipinski definition) is 4. The highest BCUT2D eigenvalue weighted by molar-refractivity contribution is 5.80. The quantitative estimate of drug-likeness (QED) is 0.528. The number of benzene rings is 2. The van der Waals surface area contributed by atoms with Crippen molar-refractivity contribution in [1.29, 1.82) is 0 Å². The highest BCUT2D eigenvalue weighted by atomic mass is 16.3. The van der Waals surface area contributed by atoms with E-state index in [1.54, 1.807) is 12.1 Å². The summed E-state index contributed by atoms with van der Waals surface area (Å²) in [5, 5.41) is 12.9. The van der Waals surface area contributed by atoms with Crippen molar-refractivity contribution in [3.63, 3.8) is 0 Å². The van der Waals surface area contributed by atoms with Gasteiger partial charge in [-0.15, -0.1) is 12.8 Å². The third-order valence-electron chi connectivity index (χ3n) is 4.45. The van der Waals surface area contributed by atoms with Gasteiger partial charge in [-0.1, -0.05) is 36.9 Å². The lowest BCUT2D eigenvalue weighted by Crippen LogP contribution is -2.16. The number of dihydropyridines is 1. The maximum atomic E-state index is 9.54. The first-order chi connectivity index (χ1) is 14.1. The Morgan fingerprint density at radius 3 is 2.83 bits per heavy atom. The summed E-state index contributed by atoms with van der Waals surface area (Å²) in [6.45, 7) is 7.81. The first kappa shape index (κ1) is 21.7. The maximum Gasteiger partial charge on any atom is 0.115 e. The fourth-order valence-electron chi connectivity index (χ4n) is 2.86. The molecule has 0 fully saturated rings. The number of terminal acetylenes is 1. The Balaban J connectivity index is 0.00000145. The van der Waals surface area contributed by atoms with Gasteiger partial charge in [0.15, 0.2) is 0 Å². The van der Waals surface area contributed by atoms with Gasteiger partial charge in [0.2, 0.25) is 0 Å². The third kappa shape index (κ3) is 6.82. The SMILES string of the molecule is C#C.C=C(NCC1=CCCN=C1)c1ccc(C)c(N=CCc2cccc(O)c2)c1. The Kier molecular flexibility index (Phi) is 8.47. The van der Waals surface area contributed by atoms with Crippen molar-refractivity contribution < 1.29 is 5.11 Å². The number of phenolic OH excluding ortho intramolecular Hbond substituents is 1. The van der Waals surface area contributed by atoms with Crippen molar-refractivity contribution in [2.45, 2.75) is 19.8 Å². The minimum absolute atomic E-state index is 0.277. The first-order valence-corrected chi connectivity index (χ1v) is 9.48. The minimum Gasteiger partial charge on any atom is -0.508 e. The van der Waals surface area contributed by atoms with Crippen LogP contribution in [-0.2, 0) is 6.42 Å². The van der Waals surface area contributed by atoms with Gasteiger partial charge in [-0.05, 0) is 53.8 Å². The molecule has 0 radical (unpaired) electrons. The van der Waals surface area contributed by atoms with Crippen molar-refractivity contribution in [3.8, 4) is 18.6 Å². The molecule has 0 bridgehead atoms. The van der Waals surface area contributed by atoms with Gasteiger partial charge in [-0.2, -0.15) is 0 Å². The Morgan fingerprint density at radius 1 is 1.28 bits per heavy atom. The van der Waals surface area contributed by atoms with Gasteiger partial charge in [-0.3, -0.25) is 9.98 Å². The van der Waals surface area contributed by atoms with Crippen LogP contribution in [0.25, 0.3) is 5.70 Å². The summed E-state index contributed by atoms with van der Waals surface area (Å²) in [5.41, 5.74) is 6.16. The molecule has 4 heteroatoms. The van der Waals surface area contributed by atoms with Crippen LogP contribution in [0.2, 0.25) is 0 Å². The molecule has 1 aliphatic heterocycles. The average Bonchev–Trinajstić information content (AvgIpc) is 2.75. The molecular formula is C25H27N3O. The van der Waals surface area contributed by atoms with E-state index in [4.69, 9.17) is 0 Å². The second-order valence-corrected chi connectivity index (χ2v) is 6.62. The van der Waals surface area contributed by atoms with E-state index in [1.165, 1.54) is 5.57 Å². The number of phenols is 1. The fourth-order valence-corrected chi connectivity index (χ4v) is 2.86. The van der Waals surface area contributed by atoms with Gasteiger partial charge in [0.1, 0.15) is 5.75 Å². The molecule has 0 unspecified atom stereocenters. The largest absolute Gasteiger partial charge is 0.508 e. The maximum absolute atomic E-state index is 9.54. The number of rotatable bonds is 7. The highest BCUT2D eigenvalue weighted by Gasteiger charge is 2.04. The van der Waals surface area contributed by atoms with Crippen LogP contribution >= 0.6 is 0 Å². The second-order valence-electron chi connectivity index (χ2n) is 6.62. The number of nitrogens with one attached hydrogen (secondary N) is 1. The zero-order valence-corrected chi connectivity index (χ0v) is 16.8. The Labute approximate surface area is 173 Å². The lowest BCUT2D eigenvalue weighted by atomic mass is 10.1. The van der Waals surface area contributed by atoms with Crippen LogP contribution in [0.3, 0.4) is 0 Å². The normalized spacial score (nSPS) is 12.7. The van der Waals surface area contributed by atoms with Crippen LogP contribution in [0.15, 0.2) is 70.7 Å². The summed E-state index contributed by atoms with van der Waals surface area (Å²) < 4.78 is 0. The van der Waals surface area contributed by atoms with Gasteiger partial charge in [0, 0.05) is 37.6 Å². The predicted molar refractivity (Wildman–Crippen MR) is 124 cm³/mol. The smallest absolute Gasteiger partial charge is 0.115 e. The number of nitrogens with zero attached hydrogens (tertiary/aromatic N) is 2. The van der Waals surface area contributed by atoms with Crippen LogP contribution in [0.4, 0.5) is 5.69 Å². The van der Waals surface area contributed by atoms with Crippen LogP contribution < -0.4 is 5.32 Å². The lowest BCUT2D eigenvalue weighted by molar-refractivity contribution is 0.475. The zero-order chi connectivity index (χ0) is 21.1. The molecule has 1 heterocycles. The van der Waals surface area contributed by atoms with E-state index in [2.05, 4.69) is 52.9 Å². The van der Waals surface area contributed by atoms with Crippen molar-refractivity contribution in [2.24, 2.45) is 9.98 Å². The summed E-state index contributed by atoms with van der Waals surface area (Å²) >= 11 is 0. The standard InChI is InChI=1S/C23H25N3O.C2H2/c1-17-8-9-21(18(2)26-16-20-6-4-11-24-15-20)14-23(17)25-12-10-19-5-3-7-22(27)13-19;1-2/h3,5-9,12-15,26-27H,2,4,10-11,16H2,1H3;1-2H. The van der Waals surface area contributed by atoms with E-state index in [1.807, 2.05) is 37.6 Å². The molecule has 29 heavy (non-hydrogen) atoms. The molecule has 2 N–H and O–H groups in total. The van der Waals surface area contributed by atoms with Crippen molar-refractivity contribution in [2.75, 3.05) is 13.1 Å². The number of hydrogen-bond donors (Lipinski definition) is 2. The Bertz CT molecular complexity index is 952. The molecule has 1 aliphatic rings. The van der Waals surface area contributed by atoms with E-state index < -0.39 is 0 Å². The van der Waals surface area contributed by atoms with Gasteiger partial charge in [0.25, 0.3) is 0 Å². The summed E-state index contributed by atoms with van der Waals surface area (Å²) in [4.78, 5) is 8.92. The van der Waals surface area contributed by atoms with Crippen LogP contribution in [-0.4, -0.2) is 30.6 Å². The van der Waals surface area contributed by atoms with Crippen LogP contribution in [0.1, 0.15) is 23.1 Å². The molecule has 0 saturated carbocycles. The molecule has 0 amide bonds. The van der Waals surface area contributed by atoms with Gasteiger partial charge >= 0.3 is 0 Å². The van der Waals surface area contributed by atoms with Crippen molar-refractivity contribution in [3.05, 3.63) is 77.4 Å². The highest BCUT2D eigenvalue weighted by Crippen LogP contribution is 2.23. The molecule has 0 aromatic heterocycles.